The Balaban J connectivity index is 2.42. The SMILES string of the molecule is NC(=S)c1cc(C(F)(F)F)ccc1Nc1cccc(I)c1. The molecular formula is C14H10F3IN2S. The lowest BCUT2D eigenvalue weighted by Gasteiger charge is -2.14. The molecule has 0 heterocycles. The Morgan fingerprint density at radius 1 is 1.14 bits per heavy atom. The first-order valence-electron chi connectivity index (χ1n) is 5.81. The van der Waals surface area contributed by atoms with Crippen molar-refractivity contribution in [3.05, 3.63) is 57.2 Å². The fourth-order valence-corrected chi connectivity index (χ4v) is 2.47. The van der Waals surface area contributed by atoms with Gasteiger partial charge < -0.3 is 11.1 Å². The number of nitrogens with two attached hydrogens (primary N) is 1. The molecule has 3 N–H and O–H groups in total. The molecule has 0 saturated carbocycles. The lowest BCUT2D eigenvalue weighted by molar-refractivity contribution is -0.137. The van der Waals surface area contributed by atoms with Gasteiger partial charge in [0.2, 0.25) is 0 Å². The average molecular weight is 422 g/mol. The first-order valence-corrected chi connectivity index (χ1v) is 7.30. The molecule has 0 saturated heterocycles. The number of halogens is 4. The Labute approximate surface area is 138 Å². The van der Waals surface area contributed by atoms with Crippen LogP contribution in [0.5, 0.6) is 0 Å². The molecule has 0 unspecified atom stereocenters. The van der Waals surface area contributed by atoms with Crippen LogP contribution in [-0.4, -0.2) is 4.99 Å². The Bertz CT molecular complexity index is 686. The van der Waals surface area contributed by atoms with Crippen LogP contribution in [0.25, 0.3) is 0 Å². The summed E-state index contributed by atoms with van der Waals surface area (Å²) in [7, 11) is 0. The second-order valence-electron chi connectivity index (χ2n) is 4.26. The number of hydrogen-bond acceptors (Lipinski definition) is 2. The summed E-state index contributed by atoms with van der Waals surface area (Å²) in [5.41, 5.74) is 6.11. The van der Waals surface area contributed by atoms with E-state index in [-0.39, 0.29) is 10.6 Å². The number of thiocarbonyl (C=S) groups is 1. The second kappa shape index (κ2) is 6.18. The minimum Gasteiger partial charge on any atom is -0.389 e. The third kappa shape index (κ3) is 4.07. The maximum absolute atomic E-state index is 12.7. The van der Waals surface area contributed by atoms with E-state index in [0.717, 1.165) is 21.4 Å². The summed E-state index contributed by atoms with van der Waals surface area (Å²) in [5, 5.41) is 3.03. The van der Waals surface area contributed by atoms with Crippen molar-refractivity contribution in [1.82, 2.24) is 0 Å². The minimum absolute atomic E-state index is 0.0887. The lowest BCUT2D eigenvalue weighted by Crippen LogP contribution is -2.14. The molecule has 0 fully saturated rings. The molecule has 0 atom stereocenters. The van der Waals surface area contributed by atoms with Crippen LogP contribution in [0.2, 0.25) is 0 Å². The van der Waals surface area contributed by atoms with Crippen molar-refractivity contribution in [1.29, 1.82) is 0 Å². The Morgan fingerprint density at radius 2 is 1.86 bits per heavy atom. The van der Waals surface area contributed by atoms with Crippen molar-refractivity contribution in [3.63, 3.8) is 0 Å². The highest BCUT2D eigenvalue weighted by molar-refractivity contribution is 14.1. The van der Waals surface area contributed by atoms with Crippen LogP contribution in [0.4, 0.5) is 24.5 Å². The van der Waals surface area contributed by atoms with E-state index < -0.39 is 11.7 Å². The van der Waals surface area contributed by atoms with Crippen LogP contribution in [0.15, 0.2) is 42.5 Å². The van der Waals surface area contributed by atoms with Crippen molar-refractivity contribution in [3.8, 4) is 0 Å². The maximum atomic E-state index is 12.7. The predicted molar refractivity (Wildman–Crippen MR) is 89.8 cm³/mol. The van der Waals surface area contributed by atoms with Crippen molar-refractivity contribution >= 4 is 51.2 Å². The summed E-state index contributed by atoms with van der Waals surface area (Å²) in [4.78, 5) is -0.0887. The quantitative estimate of drug-likeness (QED) is 0.557. The van der Waals surface area contributed by atoms with Gasteiger partial charge in [0.15, 0.2) is 0 Å². The van der Waals surface area contributed by atoms with Crippen LogP contribution >= 0.6 is 34.8 Å². The van der Waals surface area contributed by atoms with E-state index in [1.54, 1.807) is 0 Å². The molecule has 0 aromatic heterocycles. The molecule has 7 heteroatoms. The normalized spacial score (nSPS) is 11.2. The Morgan fingerprint density at radius 3 is 2.43 bits per heavy atom. The highest BCUT2D eigenvalue weighted by Gasteiger charge is 2.31. The van der Waals surface area contributed by atoms with E-state index in [1.165, 1.54) is 6.07 Å². The zero-order chi connectivity index (χ0) is 15.6. The van der Waals surface area contributed by atoms with Gasteiger partial charge in [-0.25, -0.2) is 0 Å². The summed E-state index contributed by atoms with van der Waals surface area (Å²) < 4.78 is 39.2. The summed E-state index contributed by atoms with van der Waals surface area (Å²) in [6.07, 6.45) is -4.43. The Hall–Kier alpha value is -1.35. The Kier molecular flexibility index (Phi) is 4.72. The van der Waals surface area contributed by atoms with Crippen LogP contribution in [0, 0.1) is 3.57 Å². The van der Waals surface area contributed by atoms with Gasteiger partial charge in [-0.2, -0.15) is 13.2 Å². The van der Waals surface area contributed by atoms with Gasteiger partial charge in [0.25, 0.3) is 0 Å². The monoisotopic (exact) mass is 422 g/mol. The van der Waals surface area contributed by atoms with Gasteiger partial charge in [-0.05, 0) is 59.0 Å². The minimum atomic E-state index is -4.43. The zero-order valence-electron chi connectivity index (χ0n) is 10.5. The first-order chi connectivity index (χ1) is 9.77. The zero-order valence-corrected chi connectivity index (χ0v) is 13.5. The summed E-state index contributed by atoms with van der Waals surface area (Å²) in [6, 6.07) is 10.7. The van der Waals surface area contributed by atoms with Gasteiger partial charge in [0, 0.05) is 20.5 Å². The highest BCUT2D eigenvalue weighted by atomic mass is 127. The molecule has 0 amide bonds. The predicted octanol–water partition coefficient (Wildman–Crippen LogP) is 4.69. The molecule has 2 aromatic carbocycles. The van der Waals surface area contributed by atoms with E-state index in [4.69, 9.17) is 18.0 Å². The van der Waals surface area contributed by atoms with Gasteiger partial charge >= 0.3 is 6.18 Å². The fourth-order valence-electron chi connectivity index (χ4n) is 1.76. The van der Waals surface area contributed by atoms with E-state index >= 15 is 0 Å². The molecular weight excluding hydrogens is 412 g/mol. The van der Waals surface area contributed by atoms with Gasteiger partial charge in [-0.15, -0.1) is 0 Å². The smallest absolute Gasteiger partial charge is 0.389 e. The van der Waals surface area contributed by atoms with Crippen molar-refractivity contribution in [2.45, 2.75) is 6.18 Å². The van der Waals surface area contributed by atoms with E-state index in [1.807, 2.05) is 24.3 Å². The van der Waals surface area contributed by atoms with Gasteiger partial charge in [0.05, 0.1) is 5.56 Å². The van der Waals surface area contributed by atoms with Crippen molar-refractivity contribution in [2.75, 3.05) is 5.32 Å². The molecule has 0 aliphatic heterocycles. The van der Waals surface area contributed by atoms with Gasteiger partial charge in [0.1, 0.15) is 4.99 Å². The molecule has 0 spiro atoms. The van der Waals surface area contributed by atoms with Gasteiger partial charge in [-0.3, -0.25) is 0 Å². The van der Waals surface area contributed by atoms with Crippen LogP contribution in [-0.2, 0) is 6.18 Å². The molecule has 0 radical (unpaired) electrons. The molecule has 0 bridgehead atoms. The third-order valence-electron chi connectivity index (χ3n) is 2.72. The molecule has 2 aromatic rings. The fraction of sp³-hybridized carbons (Fsp3) is 0.0714. The van der Waals surface area contributed by atoms with E-state index in [2.05, 4.69) is 27.9 Å². The summed E-state index contributed by atoms with van der Waals surface area (Å²) >= 11 is 6.99. The van der Waals surface area contributed by atoms with Crippen LogP contribution < -0.4 is 11.1 Å². The lowest BCUT2D eigenvalue weighted by atomic mass is 10.1. The largest absolute Gasteiger partial charge is 0.416 e. The number of hydrogen-bond donors (Lipinski definition) is 2. The summed E-state index contributed by atoms with van der Waals surface area (Å²) in [6.45, 7) is 0. The number of nitrogens with one attached hydrogen (secondary N) is 1. The number of anilines is 2. The number of benzene rings is 2. The first kappa shape index (κ1) is 16.0. The van der Waals surface area contributed by atoms with Gasteiger partial charge in [-0.1, -0.05) is 18.3 Å². The maximum Gasteiger partial charge on any atom is 0.416 e. The van der Waals surface area contributed by atoms with Crippen LogP contribution in [0.1, 0.15) is 11.1 Å². The third-order valence-corrected chi connectivity index (χ3v) is 3.61. The number of alkyl halides is 3. The molecule has 110 valence electrons. The molecule has 0 aliphatic carbocycles. The number of rotatable bonds is 3. The molecule has 2 rings (SSSR count). The molecule has 0 aliphatic rings. The second-order valence-corrected chi connectivity index (χ2v) is 5.94. The van der Waals surface area contributed by atoms with E-state index in [9.17, 15) is 13.2 Å². The average Bonchev–Trinajstić information content (AvgIpc) is 2.37. The van der Waals surface area contributed by atoms with Crippen LogP contribution in [0.3, 0.4) is 0 Å². The standard InChI is InChI=1S/C14H10F3IN2S/c15-14(16,17)8-4-5-12(11(6-8)13(19)21)20-10-3-1-2-9(18)7-10/h1-7,20H,(H2,19,21). The topological polar surface area (TPSA) is 38.0 Å². The van der Waals surface area contributed by atoms with E-state index in [0.29, 0.717) is 5.69 Å². The van der Waals surface area contributed by atoms with Crippen molar-refractivity contribution < 1.29 is 13.2 Å². The highest BCUT2D eigenvalue weighted by Crippen LogP contribution is 2.32. The molecule has 2 nitrogen and oxygen atoms in total. The molecule has 21 heavy (non-hydrogen) atoms. The summed E-state index contributed by atoms with van der Waals surface area (Å²) in [5.74, 6) is 0. The van der Waals surface area contributed by atoms with Crippen molar-refractivity contribution in [2.24, 2.45) is 5.73 Å².